The van der Waals surface area contributed by atoms with Crippen molar-refractivity contribution < 1.29 is 19.4 Å². The topological polar surface area (TPSA) is 70.1 Å². The van der Waals surface area contributed by atoms with Crippen LogP contribution in [0.25, 0.3) is 0 Å². The van der Waals surface area contributed by atoms with E-state index in [0.717, 1.165) is 6.42 Å². The van der Waals surface area contributed by atoms with Gasteiger partial charge < -0.3 is 14.7 Å². The zero-order chi connectivity index (χ0) is 14.5. The third-order valence-corrected chi connectivity index (χ3v) is 3.39. The first kappa shape index (κ1) is 15.5. The maximum Gasteiger partial charge on any atom is 0.410 e. The van der Waals surface area contributed by atoms with Gasteiger partial charge in [-0.3, -0.25) is 9.69 Å². The Bertz CT molecular complexity index is 355. The largest absolute Gasteiger partial charge is 0.480 e. The fourth-order valence-corrected chi connectivity index (χ4v) is 2.02. The molecule has 19 heavy (non-hydrogen) atoms. The maximum absolute atomic E-state index is 11.7. The summed E-state index contributed by atoms with van der Waals surface area (Å²) in [4.78, 5) is 26.4. The van der Waals surface area contributed by atoms with Gasteiger partial charge in [0.25, 0.3) is 0 Å². The number of carboxylic acids is 1. The van der Waals surface area contributed by atoms with Gasteiger partial charge in [0.15, 0.2) is 0 Å². The Labute approximate surface area is 113 Å². The molecule has 0 aliphatic carbocycles. The number of hydrogen-bond donors (Lipinski definition) is 1. The summed E-state index contributed by atoms with van der Waals surface area (Å²) in [5.74, 6) is -0.852. The molecular formula is C13H22N2O4. The van der Waals surface area contributed by atoms with Gasteiger partial charge in [0.2, 0.25) is 0 Å². The van der Waals surface area contributed by atoms with Crippen LogP contribution in [0.2, 0.25) is 0 Å². The zero-order valence-corrected chi connectivity index (χ0v) is 11.6. The molecule has 0 radical (unpaired) electrons. The van der Waals surface area contributed by atoms with Crippen LogP contribution in [0.1, 0.15) is 20.3 Å². The van der Waals surface area contributed by atoms with Crippen molar-refractivity contribution in [3.05, 3.63) is 12.7 Å². The number of carbonyl (C=O) groups excluding carboxylic acids is 1. The zero-order valence-electron chi connectivity index (χ0n) is 11.6. The molecule has 0 saturated carbocycles. The number of aliphatic carboxylic acids is 1. The Hall–Kier alpha value is -1.56. The number of carboxylic acid groups (broad SMARTS) is 1. The van der Waals surface area contributed by atoms with Gasteiger partial charge in [-0.25, -0.2) is 4.79 Å². The molecule has 1 heterocycles. The SMILES string of the molecule is C=CCOC(=O)N1CCCN(C(C)(C)C(=O)O)CC1. The summed E-state index contributed by atoms with van der Waals surface area (Å²) in [6, 6.07) is 0. The van der Waals surface area contributed by atoms with Crippen molar-refractivity contribution in [3.8, 4) is 0 Å². The predicted molar refractivity (Wildman–Crippen MR) is 71.0 cm³/mol. The molecular weight excluding hydrogens is 248 g/mol. The van der Waals surface area contributed by atoms with E-state index in [0.29, 0.717) is 26.2 Å². The van der Waals surface area contributed by atoms with Gasteiger partial charge in [0.05, 0.1) is 0 Å². The molecule has 1 rings (SSSR count). The monoisotopic (exact) mass is 270 g/mol. The first-order chi connectivity index (χ1) is 8.89. The lowest BCUT2D eigenvalue weighted by Gasteiger charge is -2.33. The molecule has 1 saturated heterocycles. The fourth-order valence-electron chi connectivity index (χ4n) is 2.02. The van der Waals surface area contributed by atoms with Crippen LogP contribution >= 0.6 is 0 Å². The van der Waals surface area contributed by atoms with E-state index in [9.17, 15) is 14.7 Å². The molecule has 0 bridgehead atoms. The van der Waals surface area contributed by atoms with E-state index in [4.69, 9.17) is 4.74 Å². The third-order valence-electron chi connectivity index (χ3n) is 3.39. The number of hydrogen-bond acceptors (Lipinski definition) is 4. The number of carbonyl (C=O) groups is 2. The molecule has 1 N–H and O–H groups in total. The van der Waals surface area contributed by atoms with Crippen LogP contribution in [-0.2, 0) is 9.53 Å². The summed E-state index contributed by atoms with van der Waals surface area (Å²) >= 11 is 0. The van der Waals surface area contributed by atoms with E-state index in [1.165, 1.54) is 6.08 Å². The molecule has 1 aliphatic rings. The highest BCUT2D eigenvalue weighted by Crippen LogP contribution is 2.17. The van der Waals surface area contributed by atoms with Gasteiger partial charge in [0, 0.05) is 26.2 Å². The molecule has 0 atom stereocenters. The predicted octanol–water partition coefficient (Wildman–Crippen LogP) is 1.18. The van der Waals surface area contributed by atoms with Gasteiger partial charge in [-0.1, -0.05) is 12.7 Å². The van der Waals surface area contributed by atoms with Crippen LogP contribution in [0.5, 0.6) is 0 Å². The van der Waals surface area contributed by atoms with Crippen LogP contribution in [0, 0.1) is 0 Å². The summed E-state index contributed by atoms with van der Waals surface area (Å²) in [6.07, 6.45) is 1.89. The van der Waals surface area contributed by atoms with E-state index < -0.39 is 11.5 Å². The van der Waals surface area contributed by atoms with Crippen LogP contribution in [0.3, 0.4) is 0 Å². The average Bonchev–Trinajstić information content (AvgIpc) is 2.61. The van der Waals surface area contributed by atoms with Crippen molar-refractivity contribution in [1.29, 1.82) is 0 Å². The van der Waals surface area contributed by atoms with Crippen molar-refractivity contribution in [2.24, 2.45) is 0 Å². The van der Waals surface area contributed by atoms with Gasteiger partial charge in [-0.15, -0.1) is 0 Å². The molecule has 1 fully saturated rings. The van der Waals surface area contributed by atoms with Crippen molar-refractivity contribution in [2.45, 2.75) is 25.8 Å². The quantitative estimate of drug-likeness (QED) is 0.777. The highest BCUT2D eigenvalue weighted by Gasteiger charge is 2.35. The first-order valence-electron chi connectivity index (χ1n) is 6.40. The molecule has 0 aromatic heterocycles. The summed E-state index contributed by atoms with van der Waals surface area (Å²) in [7, 11) is 0. The summed E-state index contributed by atoms with van der Waals surface area (Å²) in [5, 5.41) is 9.22. The second kappa shape index (κ2) is 6.56. The molecule has 0 aromatic rings. The second-order valence-corrected chi connectivity index (χ2v) is 5.06. The molecule has 0 unspecified atom stereocenters. The van der Waals surface area contributed by atoms with E-state index in [1.54, 1.807) is 18.7 Å². The van der Waals surface area contributed by atoms with Gasteiger partial charge in [-0.2, -0.15) is 0 Å². The lowest BCUT2D eigenvalue weighted by molar-refractivity contribution is -0.149. The van der Waals surface area contributed by atoms with Crippen molar-refractivity contribution in [3.63, 3.8) is 0 Å². The first-order valence-corrected chi connectivity index (χ1v) is 6.40. The van der Waals surface area contributed by atoms with Crippen LogP contribution in [0.4, 0.5) is 4.79 Å². The molecule has 1 aliphatic heterocycles. The number of amides is 1. The minimum absolute atomic E-state index is 0.194. The molecule has 6 nitrogen and oxygen atoms in total. The molecule has 6 heteroatoms. The Morgan fingerprint density at radius 3 is 2.58 bits per heavy atom. The lowest BCUT2D eigenvalue weighted by Crippen LogP contribution is -2.51. The van der Waals surface area contributed by atoms with Crippen molar-refractivity contribution >= 4 is 12.1 Å². The van der Waals surface area contributed by atoms with Gasteiger partial charge in [-0.05, 0) is 20.3 Å². The highest BCUT2D eigenvalue weighted by atomic mass is 16.6. The average molecular weight is 270 g/mol. The minimum atomic E-state index is -0.916. The van der Waals surface area contributed by atoms with E-state index in [2.05, 4.69) is 6.58 Å². The van der Waals surface area contributed by atoms with Crippen LogP contribution < -0.4 is 0 Å². The van der Waals surface area contributed by atoms with Crippen LogP contribution in [0.15, 0.2) is 12.7 Å². The standard InChI is InChI=1S/C13H22N2O4/c1-4-10-19-12(18)14-6-5-7-15(9-8-14)13(2,3)11(16)17/h4H,1,5-10H2,2-3H3,(H,16,17). The van der Waals surface area contributed by atoms with Crippen molar-refractivity contribution in [1.82, 2.24) is 9.80 Å². The Morgan fingerprint density at radius 1 is 1.32 bits per heavy atom. The molecule has 0 spiro atoms. The lowest BCUT2D eigenvalue weighted by atomic mass is 10.0. The van der Waals surface area contributed by atoms with Crippen molar-refractivity contribution in [2.75, 3.05) is 32.8 Å². The normalized spacial score (nSPS) is 17.7. The third kappa shape index (κ3) is 3.96. The van der Waals surface area contributed by atoms with Gasteiger partial charge >= 0.3 is 12.1 Å². The second-order valence-electron chi connectivity index (χ2n) is 5.06. The van der Waals surface area contributed by atoms with Gasteiger partial charge in [0.1, 0.15) is 12.1 Å². The Morgan fingerprint density at radius 2 is 2.00 bits per heavy atom. The summed E-state index contributed by atoms with van der Waals surface area (Å²) in [6.45, 7) is 9.30. The molecule has 108 valence electrons. The smallest absolute Gasteiger partial charge is 0.410 e. The maximum atomic E-state index is 11.7. The minimum Gasteiger partial charge on any atom is -0.480 e. The fraction of sp³-hybridized carbons (Fsp3) is 0.692. The molecule has 0 aromatic carbocycles. The number of rotatable bonds is 4. The Kier molecular flexibility index (Phi) is 5.35. The highest BCUT2D eigenvalue weighted by molar-refractivity contribution is 5.77. The number of ether oxygens (including phenoxy) is 1. The van der Waals surface area contributed by atoms with E-state index >= 15 is 0 Å². The molecule has 1 amide bonds. The van der Waals surface area contributed by atoms with E-state index in [-0.39, 0.29) is 12.7 Å². The Balaban J connectivity index is 2.58. The summed E-state index contributed by atoms with van der Waals surface area (Å²) < 4.78 is 4.99. The number of nitrogens with zero attached hydrogens (tertiary/aromatic N) is 2. The van der Waals surface area contributed by atoms with Crippen LogP contribution in [-0.4, -0.2) is 65.3 Å². The van der Waals surface area contributed by atoms with E-state index in [1.807, 2.05) is 4.90 Å². The summed E-state index contributed by atoms with van der Waals surface area (Å²) in [5.41, 5.74) is -0.916.